The van der Waals surface area contributed by atoms with E-state index in [0.29, 0.717) is 5.41 Å². The molecule has 0 amide bonds. The van der Waals surface area contributed by atoms with Crippen LogP contribution in [0, 0.1) is 12.3 Å². The topological polar surface area (TPSA) is 33.5 Å². The van der Waals surface area contributed by atoms with Gasteiger partial charge in [-0.25, -0.2) is 0 Å². The van der Waals surface area contributed by atoms with Crippen molar-refractivity contribution in [3.8, 4) is 0 Å². The zero-order chi connectivity index (χ0) is 16.3. The van der Waals surface area contributed by atoms with Crippen molar-refractivity contribution >= 4 is 0 Å². The third-order valence-electron chi connectivity index (χ3n) is 5.82. The van der Waals surface area contributed by atoms with Crippen LogP contribution in [0.5, 0.6) is 0 Å². The molecule has 1 spiro atoms. The van der Waals surface area contributed by atoms with Crippen LogP contribution in [0.15, 0.2) is 6.07 Å². The number of hydrogen-bond donors (Lipinski definition) is 0. The highest BCUT2D eigenvalue weighted by molar-refractivity contribution is 5.08. The number of hydrogen-bond acceptors (Lipinski definition) is 4. The molecule has 0 aromatic carbocycles. The second kappa shape index (κ2) is 7.32. The molecule has 3 rings (SSSR count). The summed E-state index contributed by atoms with van der Waals surface area (Å²) in [5.74, 6) is 0. The second-order valence-corrected chi connectivity index (χ2v) is 7.55. The first-order valence-corrected chi connectivity index (χ1v) is 9.03. The fraction of sp³-hybridized carbons (Fsp3) is 0.833. The van der Waals surface area contributed by atoms with E-state index in [1.54, 1.807) is 7.11 Å². The minimum Gasteiger partial charge on any atom is -0.383 e. The summed E-state index contributed by atoms with van der Waals surface area (Å²) in [7, 11) is 3.83. The van der Waals surface area contributed by atoms with Gasteiger partial charge in [0.1, 0.15) is 0 Å². The Balaban J connectivity index is 1.54. The minimum atomic E-state index is 0.547. The van der Waals surface area contributed by atoms with Crippen molar-refractivity contribution in [1.29, 1.82) is 0 Å². The van der Waals surface area contributed by atoms with E-state index in [1.807, 2.05) is 11.7 Å². The Morgan fingerprint density at radius 1 is 1.17 bits per heavy atom. The largest absolute Gasteiger partial charge is 0.383 e. The summed E-state index contributed by atoms with van der Waals surface area (Å²) in [6.45, 7) is 10.0. The van der Waals surface area contributed by atoms with Gasteiger partial charge in [-0.1, -0.05) is 0 Å². The molecule has 2 aliphatic rings. The fourth-order valence-electron chi connectivity index (χ4n) is 4.27. The average molecular weight is 320 g/mol. The highest BCUT2D eigenvalue weighted by Crippen LogP contribution is 2.40. The lowest BCUT2D eigenvalue weighted by Gasteiger charge is -2.47. The van der Waals surface area contributed by atoms with Crippen LogP contribution in [0.3, 0.4) is 0 Å². The molecule has 130 valence electrons. The SMILES string of the molecule is COCCN1CCC2(CCCN(Cc3cc(C)n(C)n3)C2)CC1. The quantitative estimate of drug-likeness (QED) is 0.831. The number of likely N-dealkylation sites (tertiary alicyclic amines) is 2. The monoisotopic (exact) mass is 320 g/mol. The normalized spacial score (nSPS) is 22.7. The van der Waals surface area contributed by atoms with Crippen LogP contribution in [-0.2, 0) is 18.3 Å². The van der Waals surface area contributed by atoms with E-state index in [9.17, 15) is 0 Å². The number of nitrogens with zero attached hydrogens (tertiary/aromatic N) is 4. The number of rotatable bonds is 5. The molecule has 0 N–H and O–H groups in total. The fourth-order valence-corrected chi connectivity index (χ4v) is 4.27. The molecule has 5 nitrogen and oxygen atoms in total. The lowest BCUT2D eigenvalue weighted by molar-refractivity contribution is 0.0140. The van der Waals surface area contributed by atoms with Crippen molar-refractivity contribution in [2.45, 2.75) is 39.2 Å². The molecular weight excluding hydrogens is 288 g/mol. The van der Waals surface area contributed by atoms with E-state index in [4.69, 9.17) is 4.74 Å². The van der Waals surface area contributed by atoms with Gasteiger partial charge in [-0.05, 0) is 63.7 Å². The van der Waals surface area contributed by atoms with Crippen molar-refractivity contribution < 1.29 is 4.74 Å². The van der Waals surface area contributed by atoms with Crippen LogP contribution < -0.4 is 0 Å². The standard InChI is InChI=1S/C18H32N4O/c1-16-13-17(19-20(16)2)14-22-8-4-5-18(15-22)6-9-21(10-7-18)11-12-23-3/h13H,4-12,14-15H2,1-3H3. The van der Waals surface area contributed by atoms with Crippen molar-refractivity contribution in [3.05, 3.63) is 17.5 Å². The molecule has 5 heteroatoms. The van der Waals surface area contributed by atoms with Crippen LogP contribution in [-0.4, -0.2) is 66.0 Å². The van der Waals surface area contributed by atoms with Crippen molar-refractivity contribution in [2.75, 3.05) is 46.4 Å². The molecule has 2 aliphatic heterocycles. The smallest absolute Gasteiger partial charge is 0.0767 e. The van der Waals surface area contributed by atoms with Gasteiger partial charge in [-0.15, -0.1) is 0 Å². The number of piperidine rings is 2. The first kappa shape index (κ1) is 16.9. The van der Waals surface area contributed by atoms with Crippen molar-refractivity contribution in [3.63, 3.8) is 0 Å². The maximum absolute atomic E-state index is 5.22. The summed E-state index contributed by atoms with van der Waals surface area (Å²) >= 11 is 0. The van der Waals surface area contributed by atoms with Gasteiger partial charge in [0.05, 0.1) is 12.3 Å². The van der Waals surface area contributed by atoms with Crippen LogP contribution in [0.25, 0.3) is 0 Å². The Hall–Kier alpha value is -0.910. The van der Waals surface area contributed by atoms with Gasteiger partial charge < -0.3 is 9.64 Å². The molecule has 0 bridgehead atoms. The predicted molar refractivity (Wildman–Crippen MR) is 92.4 cm³/mol. The molecule has 23 heavy (non-hydrogen) atoms. The van der Waals surface area contributed by atoms with Gasteiger partial charge in [0, 0.05) is 39.5 Å². The van der Waals surface area contributed by atoms with Gasteiger partial charge in [0.15, 0.2) is 0 Å². The summed E-state index contributed by atoms with van der Waals surface area (Å²) in [5.41, 5.74) is 3.02. The Morgan fingerprint density at radius 2 is 1.96 bits per heavy atom. The molecule has 0 radical (unpaired) electrons. The summed E-state index contributed by atoms with van der Waals surface area (Å²) < 4.78 is 7.21. The lowest BCUT2D eigenvalue weighted by atomic mass is 9.72. The third kappa shape index (κ3) is 4.14. The summed E-state index contributed by atoms with van der Waals surface area (Å²) in [6, 6.07) is 2.23. The van der Waals surface area contributed by atoms with Crippen LogP contribution in [0.2, 0.25) is 0 Å². The zero-order valence-electron chi connectivity index (χ0n) is 15.1. The number of ether oxygens (including phenoxy) is 1. The van der Waals surface area contributed by atoms with Gasteiger partial charge in [0.25, 0.3) is 0 Å². The first-order chi connectivity index (χ1) is 11.1. The van der Waals surface area contributed by atoms with Crippen molar-refractivity contribution in [2.24, 2.45) is 12.5 Å². The molecular formula is C18H32N4O. The minimum absolute atomic E-state index is 0.547. The van der Waals surface area contributed by atoms with Gasteiger partial charge >= 0.3 is 0 Å². The van der Waals surface area contributed by atoms with E-state index < -0.39 is 0 Å². The second-order valence-electron chi connectivity index (χ2n) is 7.55. The van der Waals surface area contributed by atoms with Gasteiger partial charge in [-0.3, -0.25) is 9.58 Å². The maximum atomic E-state index is 5.22. The lowest BCUT2D eigenvalue weighted by Crippen LogP contribution is -2.49. The van der Waals surface area contributed by atoms with Crippen molar-refractivity contribution in [1.82, 2.24) is 19.6 Å². The molecule has 0 unspecified atom stereocenters. The Kier molecular flexibility index (Phi) is 5.39. The molecule has 0 atom stereocenters. The molecule has 0 saturated carbocycles. The average Bonchev–Trinajstić information content (AvgIpc) is 2.85. The number of aryl methyl sites for hydroxylation is 2. The Morgan fingerprint density at radius 3 is 2.61 bits per heavy atom. The maximum Gasteiger partial charge on any atom is 0.0767 e. The van der Waals surface area contributed by atoms with Crippen LogP contribution >= 0.6 is 0 Å². The predicted octanol–water partition coefficient (Wildman–Crippen LogP) is 2.05. The molecule has 2 saturated heterocycles. The van der Waals surface area contributed by atoms with E-state index in [2.05, 4.69) is 27.9 Å². The first-order valence-electron chi connectivity index (χ1n) is 9.03. The van der Waals surface area contributed by atoms with E-state index >= 15 is 0 Å². The number of methoxy groups -OCH3 is 1. The van der Waals surface area contributed by atoms with Gasteiger partial charge in [-0.2, -0.15) is 5.10 Å². The van der Waals surface area contributed by atoms with Crippen LogP contribution in [0.4, 0.5) is 0 Å². The molecule has 3 heterocycles. The third-order valence-corrected chi connectivity index (χ3v) is 5.82. The number of aromatic nitrogens is 2. The molecule has 2 fully saturated rings. The summed E-state index contributed by atoms with van der Waals surface area (Å²) in [4.78, 5) is 5.20. The van der Waals surface area contributed by atoms with E-state index in [-0.39, 0.29) is 0 Å². The van der Waals surface area contributed by atoms with E-state index in [1.165, 1.54) is 63.3 Å². The Labute approximate surface area is 140 Å². The Bertz CT molecular complexity index is 486. The molecule has 1 aromatic heterocycles. The molecule has 0 aliphatic carbocycles. The van der Waals surface area contributed by atoms with Gasteiger partial charge in [0.2, 0.25) is 0 Å². The van der Waals surface area contributed by atoms with Crippen LogP contribution in [0.1, 0.15) is 37.1 Å². The highest BCUT2D eigenvalue weighted by atomic mass is 16.5. The zero-order valence-corrected chi connectivity index (χ0v) is 15.1. The molecule has 1 aromatic rings. The summed E-state index contributed by atoms with van der Waals surface area (Å²) in [5, 5.41) is 4.64. The van der Waals surface area contributed by atoms with E-state index in [0.717, 1.165) is 19.7 Å². The highest BCUT2D eigenvalue weighted by Gasteiger charge is 2.38. The summed E-state index contributed by atoms with van der Waals surface area (Å²) in [6.07, 6.45) is 5.43.